The highest BCUT2D eigenvalue weighted by Crippen LogP contribution is 2.37. The Hall–Kier alpha value is -3.02. The predicted molar refractivity (Wildman–Crippen MR) is 150 cm³/mol. The quantitative estimate of drug-likeness (QED) is 0.285. The van der Waals surface area contributed by atoms with Crippen molar-refractivity contribution in [3.8, 4) is 0 Å². The Morgan fingerprint density at radius 1 is 0.946 bits per heavy atom. The van der Waals surface area contributed by atoms with Crippen LogP contribution in [0.5, 0.6) is 0 Å². The molecule has 6 rings (SSSR count). The van der Waals surface area contributed by atoms with Crippen molar-refractivity contribution < 1.29 is 9.18 Å². The number of thiophene rings is 1. The molecule has 190 valence electrons. The molecular weight excluding hydrogens is 479 g/mol. The Bertz CT molecular complexity index is 1380. The van der Waals surface area contributed by atoms with E-state index in [1.807, 2.05) is 24.3 Å². The molecule has 37 heavy (non-hydrogen) atoms. The minimum Gasteiger partial charge on any atom is -0.338 e. The van der Waals surface area contributed by atoms with E-state index in [4.69, 9.17) is 0 Å². The molecule has 5 heteroatoms. The summed E-state index contributed by atoms with van der Waals surface area (Å²) in [5.74, 6) is 1.27. The van der Waals surface area contributed by atoms with Gasteiger partial charge < -0.3 is 9.80 Å². The van der Waals surface area contributed by atoms with Gasteiger partial charge in [0, 0.05) is 25.6 Å². The Labute approximate surface area is 222 Å². The van der Waals surface area contributed by atoms with Gasteiger partial charge in [0.1, 0.15) is 5.82 Å². The average molecular weight is 513 g/mol. The lowest BCUT2D eigenvalue weighted by molar-refractivity contribution is 0.0782. The molecule has 0 saturated carbocycles. The van der Waals surface area contributed by atoms with Crippen molar-refractivity contribution in [1.29, 1.82) is 0 Å². The maximum Gasteiger partial charge on any atom is 0.254 e. The van der Waals surface area contributed by atoms with Crippen molar-refractivity contribution in [3.05, 3.63) is 106 Å². The molecule has 3 nitrogen and oxygen atoms in total. The maximum absolute atomic E-state index is 13.9. The van der Waals surface area contributed by atoms with Crippen LogP contribution in [0, 0.1) is 18.7 Å². The molecule has 2 atom stereocenters. The normalized spacial score (nSPS) is 21.1. The van der Waals surface area contributed by atoms with E-state index in [2.05, 4.69) is 57.8 Å². The van der Waals surface area contributed by atoms with Gasteiger partial charge in [-0.05, 0) is 101 Å². The van der Waals surface area contributed by atoms with E-state index >= 15 is 0 Å². The van der Waals surface area contributed by atoms with Gasteiger partial charge in [0.05, 0.1) is 5.56 Å². The van der Waals surface area contributed by atoms with Gasteiger partial charge in [-0.3, -0.25) is 4.79 Å². The molecule has 0 radical (unpaired) electrons. The third kappa shape index (κ3) is 4.95. The molecule has 4 aromatic rings. The first-order valence-corrected chi connectivity index (χ1v) is 14.3. The molecule has 2 aliphatic rings. The minimum atomic E-state index is -0.167. The molecule has 0 aliphatic carbocycles. The van der Waals surface area contributed by atoms with Crippen LogP contribution in [0.1, 0.15) is 51.7 Å². The van der Waals surface area contributed by atoms with Gasteiger partial charge in [-0.2, -0.15) is 11.3 Å². The number of nitrogens with zero attached hydrogens (tertiary/aromatic N) is 2. The zero-order valence-corrected chi connectivity index (χ0v) is 22.1. The molecule has 1 aromatic heterocycles. The minimum absolute atomic E-state index is 0.159. The van der Waals surface area contributed by atoms with E-state index in [1.54, 1.807) is 23.5 Å². The summed E-state index contributed by atoms with van der Waals surface area (Å²) in [6.07, 6.45) is 2.19. The topological polar surface area (TPSA) is 23.6 Å². The molecule has 2 aliphatic heterocycles. The second kappa shape index (κ2) is 10.4. The zero-order valence-electron chi connectivity index (χ0n) is 21.3. The molecule has 1 amide bonds. The van der Waals surface area contributed by atoms with Crippen molar-refractivity contribution in [2.75, 3.05) is 32.7 Å². The highest BCUT2D eigenvalue weighted by atomic mass is 32.1. The second-order valence-corrected chi connectivity index (χ2v) is 11.5. The predicted octanol–water partition coefficient (Wildman–Crippen LogP) is 7.08. The van der Waals surface area contributed by atoms with Crippen molar-refractivity contribution in [1.82, 2.24) is 9.80 Å². The lowest BCUT2D eigenvalue weighted by Gasteiger charge is -2.34. The zero-order chi connectivity index (χ0) is 25.4. The highest BCUT2D eigenvalue weighted by molar-refractivity contribution is 7.08. The number of amides is 1. The number of hydrogen-bond acceptors (Lipinski definition) is 3. The first-order chi connectivity index (χ1) is 18.1. The number of piperidine rings is 1. The van der Waals surface area contributed by atoms with Gasteiger partial charge in [0.15, 0.2) is 0 Å². The third-order valence-corrected chi connectivity index (χ3v) is 9.17. The fraction of sp³-hybridized carbons (Fsp3) is 0.344. The van der Waals surface area contributed by atoms with E-state index in [1.165, 1.54) is 11.1 Å². The smallest absolute Gasteiger partial charge is 0.254 e. The molecule has 2 unspecified atom stereocenters. The number of aryl methyl sites for hydroxylation is 1. The van der Waals surface area contributed by atoms with Gasteiger partial charge in [-0.25, -0.2) is 4.39 Å². The van der Waals surface area contributed by atoms with Crippen LogP contribution in [-0.2, 0) is 0 Å². The number of benzene rings is 3. The molecule has 0 spiro atoms. The van der Waals surface area contributed by atoms with Crippen LogP contribution >= 0.6 is 11.3 Å². The van der Waals surface area contributed by atoms with Crippen molar-refractivity contribution in [3.63, 3.8) is 0 Å². The van der Waals surface area contributed by atoms with Crippen LogP contribution in [-0.4, -0.2) is 48.4 Å². The van der Waals surface area contributed by atoms with Crippen LogP contribution in [0.2, 0.25) is 0 Å². The number of carbonyl (C=O) groups excluding carboxylic acids is 1. The van der Waals surface area contributed by atoms with Gasteiger partial charge in [-0.1, -0.05) is 48.5 Å². The summed E-state index contributed by atoms with van der Waals surface area (Å²) in [5.41, 5.74) is 4.51. The summed E-state index contributed by atoms with van der Waals surface area (Å²) in [6, 6.07) is 21.7. The first-order valence-electron chi connectivity index (χ1n) is 13.3. The number of halogens is 1. The summed E-state index contributed by atoms with van der Waals surface area (Å²) in [6.45, 7) is 6.72. The molecule has 3 heterocycles. The van der Waals surface area contributed by atoms with E-state index < -0.39 is 0 Å². The van der Waals surface area contributed by atoms with Crippen molar-refractivity contribution >= 4 is 28.0 Å². The summed E-state index contributed by atoms with van der Waals surface area (Å²) in [4.78, 5) is 18.6. The SMILES string of the molecule is Cc1ccc2ccccc2c1C(=O)N1CC(CN2CCC(c3ccc(F)cc3)CC2)C(c2ccsc2)C1. The number of rotatable bonds is 5. The Balaban J connectivity index is 1.19. The number of hydrogen-bond donors (Lipinski definition) is 0. The highest BCUT2D eigenvalue weighted by Gasteiger charge is 2.38. The second-order valence-electron chi connectivity index (χ2n) is 10.7. The standard InChI is InChI=1S/C32H33FN2OS/c1-22-6-7-25-4-2-3-5-29(25)31(22)32(36)35-19-27(30(20-35)26-14-17-37-21-26)18-34-15-12-24(13-16-34)23-8-10-28(33)11-9-23/h2-11,14,17,21,24,27,30H,12-13,15-16,18-20H2,1H3. The largest absolute Gasteiger partial charge is 0.338 e. The fourth-order valence-electron chi connectivity index (χ4n) is 6.42. The van der Waals surface area contributed by atoms with Gasteiger partial charge in [0.25, 0.3) is 5.91 Å². The lowest BCUT2D eigenvalue weighted by Crippen LogP contribution is -2.38. The number of carbonyl (C=O) groups is 1. The van der Waals surface area contributed by atoms with Crippen LogP contribution in [0.15, 0.2) is 77.5 Å². The monoisotopic (exact) mass is 512 g/mol. The van der Waals surface area contributed by atoms with Gasteiger partial charge in [-0.15, -0.1) is 0 Å². The summed E-state index contributed by atoms with van der Waals surface area (Å²) >= 11 is 1.74. The lowest BCUT2D eigenvalue weighted by atomic mass is 9.87. The summed E-state index contributed by atoms with van der Waals surface area (Å²) in [7, 11) is 0. The average Bonchev–Trinajstić information content (AvgIpc) is 3.60. The van der Waals surface area contributed by atoms with E-state index in [9.17, 15) is 9.18 Å². The van der Waals surface area contributed by atoms with E-state index in [0.29, 0.717) is 17.8 Å². The number of fused-ring (bicyclic) bond motifs is 1. The van der Waals surface area contributed by atoms with Gasteiger partial charge in [0.2, 0.25) is 0 Å². The number of likely N-dealkylation sites (tertiary alicyclic amines) is 2. The molecule has 0 bridgehead atoms. The molecule has 3 aromatic carbocycles. The Kier molecular flexibility index (Phi) is 6.83. The molecule has 2 saturated heterocycles. The van der Waals surface area contributed by atoms with Crippen LogP contribution in [0.3, 0.4) is 0 Å². The van der Waals surface area contributed by atoms with E-state index in [-0.39, 0.29) is 11.7 Å². The summed E-state index contributed by atoms with van der Waals surface area (Å²) in [5, 5.41) is 6.58. The summed E-state index contributed by atoms with van der Waals surface area (Å²) < 4.78 is 13.4. The van der Waals surface area contributed by atoms with Gasteiger partial charge >= 0.3 is 0 Å². The van der Waals surface area contributed by atoms with Crippen LogP contribution < -0.4 is 0 Å². The third-order valence-electron chi connectivity index (χ3n) is 8.47. The molecule has 0 N–H and O–H groups in total. The maximum atomic E-state index is 13.9. The van der Waals surface area contributed by atoms with Crippen molar-refractivity contribution in [2.24, 2.45) is 5.92 Å². The van der Waals surface area contributed by atoms with Crippen LogP contribution in [0.4, 0.5) is 4.39 Å². The van der Waals surface area contributed by atoms with Crippen LogP contribution in [0.25, 0.3) is 10.8 Å². The fourth-order valence-corrected chi connectivity index (χ4v) is 7.15. The van der Waals surface area contributed by atoms with Crippen molar-refractivity contribution in [2.45, 2.75) is 31.6 Å². The molecule has 2 fully saturated rings. The Morgan fingerprint density at radius 3 is 2.49 bits per heavy atom. The Morgan fingerprint density at radius 2 is 1.73 bits per heavy atom. The first kappa shape index (κ1) is 24.3. The molecular formula is C32H33FN2OS. The van der Waals surface area contributed by atoms with E-state index in [0.717, 1.165) is 67.5 Å².